The summed E-state index contributed by atoms with van der Waals surface area (Å²) < 4.78 is 0. The van der Waals surface area contributed by atoms with E-state index in [0.29, 0.717) is 24.9 Å². The van der Waals surface area contributed by atoms with E-state index >= 15 is 0 Å². The number of rotatable bonds is 2. The summed E-state index contributed by atoms with van der Waals surface area (Å²) in [6.07, 6.45) is 2.77. The maximum atomic E-state index is 12.4. The zero-order valence-corrected chi connectivity index (χ0v) is 11.4. The zero-order valence-electron chi connectivity index (χ0n) is 11.4. The van der Waals surface area contributed by atoms with E-state index in [0.717, 1.165) is 5.52 Å². The number of aliphatic carboxylic acids is 1. The second kappa shape index (κ2) is 5.47. The van der Waals surface area contributed by atoms with Crippen molar-refractivity contribution in [2.75, 3.05) is 13.1 Å². The number of hydrogen-bond donors (Lipinski definition) is 1. The predicted octanol–water partition coefficient (Wildman–Crippen LogP) is 1.57. The van der Waals surface area contributed by atoms with E-state index < -0.39 is 11.9 Å². The van der Waals surface area contributed by atoms with Crippen molar-refractivity contribution in [1.29, 1.82) is 0 Å². The van der Waals surface area contributed by atoms with E-state index in [1.54, 1.807) is 11.0 Å². The average molecular weight is 285 g/mol. The number of benzene rings is 1. The molecule has 1 N–H and O–H groups in total. The molecule has 2 heterocycles. The average Bonchev–Trinajstić information content (AvgIpc) is 2.53. The van der Waals surface area contributed by atoms with Crippen LogP contribution in [0.5, 0.6) is 0 Å². The van der Waals surface area contributed by atoms with Gasteiger partial charge in [0.15, 0.2) is 0 Å². The van der Waals surface area contributed by atoms with Gasteiger partial charge >= 0.3 is 5.97 Å². The Morgan fingerprint density at radius 1 is 1.24 bits per heavy atom. The fourth-order valence-electron chi connectivity index (χ4n) is 2.59. The van der Waals surface area contributed by atoms with Crippen LogP contribution in [-0.2, 0) is 4.79 Å². The van der Waals surface area contributed by atoms with Crippen LogP contribution < -0.4 is 0 Å². The number of carbonyl (C=O) groups excluding carboxylic acids is 1. The van der Waals surface area contributed by atoms with E-state index in [4.69, 9.17) is 5.11 Å². The highest BCUT2D eigenvalue weighted by Gasteiger charge is 2.29. The lowest BCUT2D eigenvalue weighted by Gasteiger charge is -2.30. The summed E-state index contributed by atoms with van der Waals surface area (Å²) in [5.41, 5.74) is 1.66. The van der Waals surface area contributed by atoms with Gasteiger partial charge in [0.1, 0.15) is 5.69 Å². The van der Waals surface area contributed by atoms with Crippen molar-refractivity contribution in [3.8, 4) is 0 Å². The summed E-state index contributed by atoms with van der Waals surface area (Å²) in [5, 5.41) is 9.08. The summed E-state index contributed by atoms with van der Waals surface area (Å²) in [5.74, 6) is -1.59. The van der Waals surface area contributed by atoms with E-state index in [1.807, 2.05) is 18.2 Å². The van der Waals surface area contributed by atoms with Gasteiger partial charge in [-0.3, -0.25) is 14.6 Å². The van der Waals surface area contributed by atoms with Gasteiger partial charge in [-0.05, 0) is 25.0 Å². The Kier molecular flexibility index (Phi) is 3.51. The minimum absolute atomic E-state index is 0.239. The molecule has 0 radical (unpaired) electrons. The molecule has 1 aliphatic rings. The number of aromatic nitrogens is 2. The number of likely N-dealkylation sites (tertiary alicyclic amines) is 1. The Morgan fingerprint density at radius 3 is 2.76 bits per heavy atom. The summed E-state index contributed by atoms with van der Waals surface area (Å²) in [6.45, 7) is 0.805. The van der Waals surface area contributed by atoms with Gasteiger partial charge in [-0.15, -0.1) is 0 Å². The van der Waals surface area contributed by atoms with Crippen molar-refractivity contribution in [2.45, 2.75) is 12.8 Å². The first-order valence-electron chi connectivity index (χ1n) is 6.89. The molecular formula is C15H15N3O3. The fraction of sp³-hybridized carbons (Fsp3) is 0.333. The highest BCUT2D eigenvalue weighted by atomic mass is 16.4. The third-order valence-electron chi connectivity index (χ3n) is 3.73. The normalized spacial score (nSPS) is 18.7. The highest BCUT2D eigenvalue weighted by molar-refractivity contribution is 5.94. The van der Waals surface area contributed by atoms with Crippen LogP contribution in [0, 0.1) is 5.92 Å². The predicted molar refractivity (Wildman–Crippen MR) is 75.8 cm³/mol. The number of fused-ring (bicyclic) bond motifs is 1. The molecule has 0 unspecified atom stereocenters. The topological polar surface area (TPSA) is 83.4 Å². The van der Waals surface area contributed by atoms with Crippen LogP contribution in [0.1, 0.15) is 23.3 Å². The molecule has 1 amide bonds. The molecule has 1 atom stereocenters. The number of carbonyl (C=O) groups is 2. The smallest absolute Gasteiger partial charge is 0.308 e. The molecule has 21 heavy (non-hydrogen) atoms. The van der Waals surface area contributed by atoms with Crippen molar-refractivity contribution in [2.24, 2.45) is 5.92 Å². The quantitative estimate of drug-likeness (QED) is 0.905. The van der Waals surface area contributed by atoms with Crippen LogP contribution in [0.3, 0.4) is 0 Å². The Hall–Kier alpha value is -2.50. The number of carboxylic acid groups (broad SMARTS) is 1. The molecular weight excluding hydrogens is 270 g/mol. The maximum Gasteiger partial charge on any atom is 0.308 e. The molecule has 1 fully saturated rings. The van der Waals surface area contributed by atoms with Crippen molar-refractivity contribution in [1.82, 2.24) is 14.9 Å². The largest absolute Gasteiger partial charge is 0.481 e. The van der Waals surface area contributed by atoms with Gasteiger partial charge in [-0.25, -0.2) is 4.98 Å². The number of amides is 1. The van der Waals surface area contributed by atoms with Crippen LogP contribution in [0.4, 0.5) is 0 Å². The first-order valence-corrected chi connectivity index (χ1v) is 6.89. The van der Waals surface area contributed by atoms with Crippen LogP contribution in [0.25, 0.3) is 11.0 Å². The number of para-hydroxylation sites is 2. The SMILES string of the molecule is O=C(O)[C@H]1CCCN(C(=O)c2cnc3ccccc3n2)C1. The van der Waals surface area contributed by atoms with E-state index in [1.165, 1.54) is 6.20 Å². The second-order valence-electron chi connectivity index (χ2n) is 5.17. The van der Waals surface area contributed by atoms with E-state index in [-0.39, 0.29) is 18.1 Å². The van der Waals surface area contributed by atoms with Crippen LogP contribution in [0.15, 0.2) is 30.5 Å². The van der Waals surface area contributed by atoms with Gasteiger partial charge in [0.25, 0.3) is 5.91 Å². The second-order valence-corrected chi connectivity index (χ2v) is 5.17. The number of piperidine rings is 1. The Balaban J connectivity index is 1.84. The van der Waals surface area contributed by atoms with Crippen molar-refractivity contribution in [3.63, 3.8) is 0 Å². The van der Waals surface area contributed by atoms with Crippen LogP contribution in [0.2, 0.25) is 0 Å². The molecule has 0 saturated carbocycles. The van der Waals surface area contributed by atoms with E-state index in [9.17, 15) is 9.59 Å². The Morgan fingerprint density at radius 2 is 2.00 bits per heavy atom. The molecule has 3 rings (SSSR count). The molecule has 0 bridgehead atoms. The standard InChI is InChI=1S/C15H15N3O3/c19-14(18-7-3-4-10(9-18)15(20)21)13-8-16-11-5-1-2-6-12(11)17-13/h1-2,5-6,8,10H,3-4,7,9H2,(H,20,21)/t10-/m0/s1. The monoisotopic (exact) mass is 285 g/mol. The van der Waals surface area contributed by atoms with Gasteiger partial charge in [-0.1, -0.05) is 12.1 Å². The molecule has 1 saturated heterocycles. The van der Waals surface area contributed by atoms with Gasteiger partial charge in [-0.2, -0.15) is 0 Å². The first kappa shape index (κ1) is 13.5. The van der Waals surface area contributed by atoms with Gasteiger partial charge in [0, 0.05) is 13.1 Å². The lowest BCUT2D eigenvalue weighted by molar-refractivity contribution is -0.143. The van der Waals surface area contributed by atoms with Crippen molar-refractivity contribution in [3.05, 3.63) is 36.2 Å². The van der Waals surface area contributed by atoms with Crippen molar-refractivity contribution < 1.29 is 14.7 Å². The number of nitrogens with zero attached hydrogens (tertiary/aromatic N) is 3. The highest BCUT2D eigenvalue weighted by Crippen LogP contribution is 2.19. The van der Waals surface area contributed by atoms with Crippen LogP contribution in [-0.4, -0.2) is 44.9 Å². The minimum Gasteiger partial charge on any atom is -0.481 e. The lowest BCUT2D eigenvalue weighted by Crippen LogP contribution is -2.42. The molecule has 1 aromatic heterocycles. The Labute approximate surface area is 121 Å². The molecule has 0 aliphatic carbocycles. The fourth-order valence-corrected chi connectivity index (χ4v) is 2.59. The third kappa shape index (κ3) is 2.69. The molecule has 1 aromatic carbocycles. The molecule has 6 nitrogen and oxygen atoms in total. The number of hydrogen-bond acceptors (Lipinski definition) is 4. The van der Waals surface area contributed by atoms with Gasteiger partial charge in [0.05, 0.1) is 23.1 Å². The third-order valence-corrected chi connectivity index (χ3v) is 3.73. The molecule has 0 spiro atoms. The summed E-state index contributed by atoms with van der Waals surface area (Å²) in [4.78, 5) is 33.6. The Bertz CT molecular complexity index is 701. The lowest BCUT2D eigenvalue weighted by atomic mass is 9.98. The van der Waals surface area contributed by atoms with Gasteiger partial charge in [0.2, 0.25) is 0 Å². The summed E-state index contributed by atoms with van der Waals surface area (Å²) >= 11 is 0. The molecule has 108 valence electrons. The molecule has 1 aliphatic heterocycles. The maximum absolute atomic E-state index is 12.4. The zero-order chi connectivity index (χ0) is 14.8. The van der Waals surface area contributed by atoms with Gasteiger partial charge < -0.3 is 10.0 Å². The first-order chi connectivity index (χ1) is 10.1. The minimum atomic E-state index is -0.850. The molecule has 6 heteroatoms. The summed E-state index contributed by atoms with van der Waals surface area (Å²) in [7, 11) is 0. The number of carboxylic acids is 1. The van der Waals surface area contributed by atoms with E-state index in [2.05, 4.69) is 9.97 Å². The van der Waals surface area contributed by atoms with Crippen molar-refractivity contribution >= 4 is 22.9 Å². The molecule has 2 aromatic rings. The van der Waals surface area contributed by atoms with Crippen LogP contribution >= 0.6 is 0 Å². The summed E-state index contributed by atoms with van der Waals surface area (Å²) in [6, 6.07) is 7.33.